The van der Waals surface area contributed by atoms with Gasteiger partial charge in [0, 0.05) is 10.6 Å². The summed E-state index contributed by atoms with van der Waals surface area (Å²) in [7, 11) is 0. The minimum Gasteiger partial charge on any atom is -0.388 e. The smallest absolute Gasteiger partial charge is 0.130 e. The molecule has 2 rings (SSSR count). The minimum absolute atomic E-state index is 0.214. The first-order chi connectivity index (χ1) is 6.59. The van der Waals surface area contributed by atoms with Gasteiger partial charge in [0.25, 0.3) is 0 Å². The van der Waals surface area contributed by atoms with E-state index in [2.05, 4.69) is 6.92 Å². The summed E-state index contributed by atoms with van der Waals surface area (Å²) in [4.78, 5) is 0. The summed E-state index contributed by atoms with van der Waals surface area (Å²) in [5.74, 6) is 0.301. The maximum Gasteiger partial charge on any atom is 0.130 e. The Labute approximate surface area is 87.5 Å². The van der Waals surface area contributed by atoms with Crippen molar-refractivity contribution >= 4 is 11.6 Å². The molecule has 1 N–H and O–H groups in total. The van der Waals surface area contributed by atoms with Gasteiger partial charge in [0.05, 0.1) is 6.10 Å². The second-order valence-corrected chi connectivity index (χ2v) is 4.42. The van der Waals surface area contributed by atoms with E-state index in [0.717, 1.165) is 6.42 Å². The third-order valence-corrected chi connectivity index (χ3v) is 3.09. The molecular weight excluding hydrogens is 203 g/mol. The molecule has 0 aliphatic heterocycles. The topological polar surface area (TPSA) is 20.2 Å². The number of aliphatic hydroxyl groups is 1. The van der Waals surface area contributed by atoms with Crippen molar-refractivity contribution < 1.29 is 9.50 Å². The molecule has 0 aromatic heterocycles. The van der Waals surface area contributed by atoms with Crippen LogP contribution in [0.2, 0.25) is 5.02 Å². The lowest BCUT2D eigenvalue weighted by Gasteiger charge is -2.11. The van der Waals surface area contributed by atoms with Crippen LogP contribution in [0, 0.1) is 17.7 Å². The van der Waals surface area contributed by atoms with Gasteiger partial charge in [-0.05, 0) is 30.4 Å². The maximum absolute atomic E-state index is 13.4. The molecule has 1 aromatic carbocycles. The van der Waals surface area contributed by atoms with Gasteiger partial charge in [-0.3, -0.25) is 0 Å². The summed E-state index contributed by atoms with van der Waals surface area (Å²) in [6.45, 7) is 2.06. The number of rotatable bonds is 2. The van der Waals surface area contributed by atoms with Crippen LogP contribution in [0.25, 0.3) is 0 Å². The van der Waals surface area contributed by atoms with E-state index in [1.165, 1.54) is 6.07 Å². The monoisotopic (exact) mass is 214 g/mol. The number of halogens is 2. The standard InChI is InChI=1S/C11H12ClFO/c1-6-4-9(6)11(14)8-3-2-7(12)5-10(8)13/h2-3,5-6,9,11,14H,4H2,1H3. The lowest BCUT2D eigenvalue weighted by atomic mass is 10.0. The van der Waals surface area contributed by atoms with Gasteiger partial charge >= 0.3 is 0 Å². The Morgan fingerprint density at radius 3 is 2.71 bits per heavy atom. The highest BCUT2D eigenvalue weighted by Crippen LogP contribution is 2.47. The summed E-state index contributed by atoms with van der Waals surface area (Å²) >= 11 is 5.62. The molecule has 1 aliphatic carbocycles. The SMILES string of the molecule is CC1CC1C(O)c1ccc(Cl)cc1F. The zero-order chi connectivity index (χ0) is 10.3. The van der Waals surface area contributed by atoms with Gasteiger partial charge in [-0.1, -0.05) is 24.6 Å². The van der Waals surface area contributed by atoms with E-state index in [9.17, 15) is 9.50 Å². The highest BCUT2D eigenvalue weighted by molar-refractivity contribution is 6.30. The zero-order valence-electron chi connectivity index (χ0n) is 7.87. The van der Waals surface area contributed by atoms with E-state index in [1.807, 2.05) is 0 Å². The van der Waals surface area contributed by atoms with Gasteiger partial charge in [0.15, 0.2) is 0 Å². The average molecular weight is 215 g/mol. The van der Waals surface area contributed by atoms with E-state index in [0.29, 0.717) is 16.5 Å². The third-order valence-electron chi connectivity index (χ3n) is 2.86. The summed E-state index contributed by atoms with van der Waals surface area (Å²) in [6.07, 6.45) is 0.297. The quantitative estimate of drug-likeness (QED) is 0.802. The number of hydrogen-bond donors (Lipinski definition) is 1. The highest BCUT2D eigenvalue weighted by Gasteiger charge is 2.40. The van der Waals surface area contributed by atoms with Crippen LogP contribution < -0.4 is 0 Å². The molecule has 0 spiro atoms. The fraction of sp³-hybridized carbons (Fsp3) is 0.455. The molecule has 0 saturated heterocycles. The predicted octanol–water partition coefficient (Wildman–Crippen LogP) is 3.17. The predicted molar refractivity (Wildman–Crippen MR) is 53.6 cm³/mol. The van der Waals surface area contributed by atoms with Crippen molar-refractivity contribution in [1.82, 2.24) is 0 Å². The molecule has 0 heterocycles. The summed E-state index contributed by atoms with van der Waals surface area (Å²) < 4.78 is 13.4. The van der Waals surface area contributed by atoms with E-state index in [1.54, 1.807) is 12.1 Å². The molecule has 14 heavy (non-hydrogen) atoms. The lowest BCUT2D eigenvalue weighted by molar-refractivity contribution is 0.144. The fourth-order valence-electron chi connectivity index (χ4n) is 1.76. The van der Waals surface area contributed by atoms with Gasteiger partial charge in [-0.15, -0.1) is 0 Å². The first kappa shape index (κ1) is 9.94. The average Bonchev–Trinajstić information content (AvgIpc) is 2.81. The first-order valence-electron chi connectivity index (χ1n) is 4.72. The van der Waals surface area contributed by atoms with Gasteiger partial charge in [0.2, 0.25) is 0 Å². The molecule has 0 radical (unpaired) electrons. The van der Waals surface area contributed by atoms with E-state index in [4.69, 9.17) is 11.6 Å². The van der Waals surface area contributed by atoms with Crippen molar-refractivity contribution in [3.8, 4) is 0 Å². The van der Waals surface area contributed by atoms with Crippen LogP contribution in [0.5, 0.6) is 0 Å². The van der Waals surface area contributed by atoms with Crippen LogP contribution in [-0.2, 0) is 0 Å². The van der Waals surface area contributed by atoms with Crippen LogP contribution in [0.1, 0.15) is 25.0 Å². The second kappa shape index (κ2) is 3.52. The van der Waals surface area contributed by atoms with Crippen molar-refractivity contribution in [2.45, 2.75) is 19.4 Å². The zero-order valence-corrected chi connectivity index (χ0v) is 8.63. The molecule has 0 bridgehead atoms. The molecule has 3 unspecified atom stereocenters. The van der Waals surface area contributed by atoms with Gasteiger partial charge in [-0.2, -0.15) is 0 Å². The number of aliphatic hydroxyl groups excluding tert-OH is 1. The van der Waals surface area contributed by atoms with Crippen LogP contribution in [-0.4, -0.2) is 5.11 Å². The normalized spacial score (nSPS) is 27.4. The molecule has 3 heteroatoms. The molecule has 1 nitrogen and oxygen atoms in total. The second-order valence-electron chi connectivity index (χ2n) is 3.99. The lowest BCUT2D eigenvalue weighted by Crippen LogP contribution is -2.03. The van der Waals surface area contributed by atoms with Crippen molar-refractivity contribution in [2.24, 2.45) is 11.8 Å². The van der Waals surface area contributed by atoms with Crippen molar-refractivity contribution in [2.75, 3.05) is 0 Å². The summed E-state index contributed by atoms with van der Waals surface area (Å²) in [5.41, 5.74) is 0.365. The molecule has 1 aromatic rings. The molecule has 76 valence electrons. The molecule has 1 aliphatic rings. The Kier molecular flexibility index (Phi) is 2.50. The Hall–Kier alpha value is -0.600. The van der Waals surface area contributed by atoms with Crippen LogP contribution in [0.15, 0.2) is 18.2 Å². The van der Waals surface area contributed by atoms with Gasteiger partial charge in [0.1, 0.15) is 5.82 Å². The fourth-order valence-corrected chi connectivity index (χ4v) is 1.92. The summed E-state index contributed by atoms with van der Waals surface area (Å²) in [6, 6.07) is 4.41. The Balaban J connectivity index is 2.23. The van der Waals surface area contributed by atoms with Gasteiger partial charge < -0.3 is 5.11 Å². The number of benzene rings is 1. The van der Waals surface area contributed by atoms with Crippen LogP contribution >= 0.6 is 11.6 Å². The first-order valence-corrected chi connectivity index (χ1v) is 5.10. The highest BCUT2D eigenvalue weighted by atomic mass is 35.5. The molecule has 1 fully saturated rings. The molecule has 3 atom stereocenters. The van der Waals surface area contributed by atoms with Crippen LogP contribution in [0.3, 0.4) is 0 Å². The van der Waals surface area contributed by atoms with Gasteiger partial charge in [-0.25, -0.2) is 4.39 Å². The summed E-state index contributed by atoms with van der Waals surface area (Å²) in [5, 5.41) is 10.2. The largest absolute Gasteiger partial charge is 0.388 e. The Bertz CT molecular complexity index is 353. The van der Waals surface area contributed by atoms with E-state index in [-0.39, 0.29) is 5.92 Å². The van der Waals surface area contributed by atoms with E-state index < -0.39 is 11.9 Å². The van der Waals surface area contributed by atoms with Crippen molar-refractivity contribution in [3.63, 3.8) is 0 Å². The Morgan fingerprint density at radius 2 is 2.21 bits per heavy atom. The van der Waals surface area contributed by atoms with E-state index >= 15 is 0 Å². The maximum atomic E-state index is 13.4. The molecule has 0 amide bonds. The van der Waals surface area contributed by atoms with Crippen molar-refractivity contribution in [3.05, 3.63) is 34.6 Å². The number of hydrogen-bond acceptors (Lipinski definition) is 1. The third kappa shape index (κ3) is 1.77. The molecular formula is C11H12ClFO. The Morgan fingerprint density at radius 1 is 1.57 bits per heavy atom. The van der Waals surface area contributed by atoms with Crippen molar-refractivity contribution in [1.29, 1.82) is 0 Å². The van der Waals surface area contributed by atoms with Crippen LogP contribution in [0.4, 0.5) is 4.39 Å². The molecule has 1 saturated carbocycles. The minimum atomic E-state index is -0.678.